The fourth-order valence-corrected chi connectivity index (χ4v) is 4.28. The van der Waals surface area contributed by atoms with Gasteiger partial charge in [-0.2, -0.15) is 0 Å². The Bertz CT molecular complexity index is 1220. The highest BCUT2D eigenvalue weighted by Gasteiger charge is 2.35. The van der Waals surface area contributed by atoms with Crippen LogP contribution in [0.4, 0.5) is 0 Å². The van der Waals surface area contributed by atoms with Gasteiger partial charge in [0, 0.05) is 23.1 Å². The number of rotatable bonds is 3. The van der Waals surface area contributed by atoms with E-state index >= 15 is 0 Å². The highest BCUT2D eigenvalue weighted by Crippen LogP contribution is 2.44. The Morgan fingerprint density at radius 2 is 1.87 bits per heavy atom. The van der Waals surface area contributed by atoms with Crippen molar-refractivity contribution in [3.63, 3.8) is 0 Å². The molecule has 0 aromatic heterocycles. The van der Waals surface area contributed by atoms with Crippen LogP contribution in [0.15, 0.2) is 60.4 Å². The molecule has 156 valence electrons. The lowest BCUT2D eigenvalue weighted by Crippen LogP contribution is -2.32. The lowest BCUT2D eigenvalue weighted by molar-refractivity contribution is 0.0872. The van der Waals surface area contributed by atoms with E-state index in [1.807, 2.05) is 49.4 Å². The zero-order valence-corrected chi connectivity index (χ0v) is 18.3. The molecule has 0 atom stereocenters. The first-order valence-electron chi connectivity index (χ1n) is 9.94. The molecule has 0 saturated carbocycles. The largest absolute Gasteiger partial charge is 0.478 e. The maximum absolute atomic E-state index is 13.1. The fraction of sp³-hybridized carbons (Fsp3) is 0.160. The van der Waals surface area contributed by atoms with E-state index in [1.165, 1.54) is 0 Å². The molecule has 0 bridgehead atoms. The molecule has 0 spiro atoms. The molecule has 3 aromatic carbocycles. The molecule has 5 rings (SSSR count). The first-order chi connectivity index (χ1) is 15.0. The van der Waals surface area contributed by atoms with Gasteiger partial charge in [-0.05, 0) is 54.0 Å². The van der Waals surface area contributed by atoms with Gasteiger partial charge in [0.1, 0.15) is 18.2 Å². The maximum atomic E-state index is 13.1. The van der Waals surface area contributed by atoms with Gasteiger partial charge in [-0.25, -0.2) is 0 Å². The first kappa shape index (κ1) is 20.1. The number of hydrogen-bond donors (Lipinski definition) is 0. The molecular weight excluding hydrogens is 433 g/mol. The molecule has 0 radical (unpaired) electrons. The smallest absolute Gasteiger partial charge is 0.232 e. The third-order valence-corrected chi connectivity index (χ3v) is 6.13. The molecule has 0 saturated heterocycles. The normalized spacial score (nSPS) is 16.6. The fourth-order valence-electron chi connectivity index (χ4n) is 3.96. The van der Waals surface area contributed by atoms with Crippen LogP contribution in [0, 0.1) is 6.92 Å². The van der Waals surface area contributed by atoms with E-state index < -0.39 is 0 Å². The van der Waals surface area contributed by atoms with Crippen LogP contribution in [0.5, 0.6) is 11.5 Å². The van der Waals surface area contributed by atoms with E-state index in [-0.39, 0.29) is 5.78 Å². The molecule has 0 unspecified atom stereocenters. The minimum absolute atomic E-state index is 0.117. The standard InChI is InChI=1S/C25H19Cl2NO3/c1-15-10-21-19(13-28(14-30-21)12-17-4-2-3-5-20(17)27)25-23(15)24(29)22(31-25)11-16-6-8-18(26)9-7-16/h2-11H,12-14H2,1H3/b22-11-. The second-order valence-corrected chi connectivity index (χ2v) is 8.56. The van der Waals surface area contributed by atoms with Crippen LogP contribution in [-0.4, -0.2) is 17.4 Å². The van der Waals surface area contributed by atoms with Crippen molar-refractivity contribution < 1.29 is 14.3 Å². The third-order valence-electron chi connectivity index (χ3n) is 5.51. The monoisotopic (exact) mass is 451 g/mol. The Morgan fingerprint density at radius 1 is 1.10 bits per heavy atom. The van der Waals surface area contributed by atoms with Crippen LogP contribution in [0.25, 0.3) is 6.08 Å². The van der Waals surface area contributed by atoms with Crippen LogP contribution in [0.3, 0.4) is 0 Å². The molecule has 0 amide bonds. The quantitative estimate of drug-likeness (QED) is 0.439. The number of allylic oxidation sites excluding steroid dienone is 1. The van der Waals surface area contributed by atoms with E-state index in [0.717, 1.165) is 33.0 Å². The lowest BCUT2D eigenvalue weighted by atomic mass is 9.98. The van der Waals surface area contributed by atoms with Crippen molar-refractivity contribution >= 4 is 35.1 Å². The predicted molar refractivity (Wildman–Crippen MR) is 122 cm³/mol. The van der Waals surface area contributed by atoms with Gasteiger partial charge >= 0.3 is 0 Å². The first-order valence-corrected chi connectivity index (χ1v) is 10.7. The summed E-state index contributed by atoms with van der Waals surface area (Å²) in [5, 5.41) is 1.37. The zero-order chi connectivity index (χ0) is 21.5. The second kappa shape index (κ2) is 8.04. The van der Waals surface area contributed by atoms with Crippen molar-refractivity contribution in [2.24, 2.45) is 0 Å². The Balaban J connectivity index is 1.47. The summed E-state index contributed by atoms with van der Waals surface area (Å²) in [4.78, 5) is 15.2. The minimum Gasteiger partial charge on any atom is -0.478 e. The van der Waals surface area contributed by atoms with Crippen LogP contribution in [0.1, 0.15) is 32.6 Å². The van der Waals surface area contributed by atoms with Gasteiger partial charge in [0.05, 0.1) is 11.1 Å². The van der Waals surface area contributed by atoms with Crippen molar-refractivity contribution in [1.82, 2.24) is 4.90 Å². The Morgan fingerprint density at radius 3 is 2.65 bits per heavy atom. The van der Waals surface area contributed by atoms with Gasteiger partial charge in [0.15, 0.2) is 5.76 Å². The number of Topliss-reactive ketones (excluding diaryl/α,β-unsaturated/α-hetero) is 1. The second-order valence-electron chi connectivity index (χ2n) is 7.72. The maximum Gasteiger partial charge on any atom is 0.232 e. The number of aryl methyl sites for hydroxylation is 1. The lowest BCUT2D eigenvalue weighted by Gasteiger charge is -2.30. The number of ether oxygens (including phenoxy) is 2. The number of fused-ring (bicyclic) bond motifs is 3. The summed E-state index contributed by atoms with van der Waals surface area (Å²) in [5.41, 5.74) is 4.20. The number of halogens is 2. The van der Waals surface area contributed by atoms with E-state index in [2.05, 4.69) is 4.90 Å². The zero-order valence-electron chi connectivity index (χ0n) is 16.8. The minimum atomic E-state index is -0.117. The SMILES string of the molecule is Cc1cc2c(c3c1C(=O)/C(=C/c1ccc(Cl)cc1)O3)CN(Cc1ccccc1Cl)CO2. The summed E-state index contributed by atoms with van der Waals surface area (Å²) in [6, 6.07) is 17.0. The molecule has 2 aliphatic rings. The number of carbonyl (C=O) groups is 1. The third kappa shape index (κ3) is 3.83. The van der Waals surface area contributed by atoms with Gasteiger partial charge in [-0.3, -0.25) is 9.69 Å². The number of nitrogens with zero attached hydrogens (tertiary/aromatic N) is 1. The summed E-state index contributed by atoms with van der Waals surface area (Å²) in [6.07, 6.45) is 1.75. The van der Waals surface area contributed by atoms with E-state index in [9.17, 15) is 4.79 Å². The van der Waals surface area contributed by atoms with Crippen LogP contribution in [-0.2, 0) is 13.1 Å². The number of carbonyl (C=O) groups excluding carboxylic acids is 1. The molecule has 0 fully saturated rings. The number of hydrogen-bond acceptors (Lipinski definition) is 4. The van der Waals surface area contributed by atoms with Crippen molar-refractivity contribution in [3.05, 3.63) is 98.2 Å². The number of benzene rings is 3. The molecule has 0 N–H and O–H groups in total. The highest BCUT2D eigenvalue weighted by molar-refractivity contribution is 6.31. The van der Waals surface area contributed by atoms with Gasteiger partial charge in [-0.1, -0.05) is 53.5 Å². The van der Waals surface area contributed by atoms with Gasteiger partial charge in [0.2, 0.25) is 5.78 Å². The van der Waals surface area contributed by atoms with Crippen LogP contribution >= 0.6 is 23.2 Å². The number of ketones is 1. The topological polar surface area (TPSA) is 38.8 Å². The van der Waals surface area contributed by atoms with E-state index in [1.54, 1.807) is 18.2 Å². The van der Waals surface area contributed by atoms with Crippen LogP contribution in [0.2, 0.25) is 10.0 Å². The van der Waals surface area contributed by atoms with E-state index in [0.29, 0.717) is 41.9 Å². The molecule has 0 aliphatic carbocycles. The molecule has 3 aromatic rings. The van der Waals surface area contributed by atoms with Crippen LogP contribution < -0.4 is 9.47 Å². The average Bonchev–Trinajstić information content (AvgIpc) is 3.09. The van der Waals surface area contributed by atoms with Crippen molar-refractivity contribution in [1.29, 1.82) is 0 Å². The molecular formula is C25H19Cl2NO3. The summed E-state index contributed by atoms with van der Waals surface area (Å²) >= 11 is 12.3. The van der Waals surface area contributed by atoms with E-state index in [4.69, 9.17) is 32.7 Å². The molecule has 2 aliphatic heterocycles. The molecule has 2 heterocycles. The summed E-state index contributed by atoms with van der Waals surface area (Å²) in [5.74, 6) is 1.53. The Labute approximate surface area is 190 Å². The molecule has 6 heteroatoms. The molecule has 31 heavy (non-hydrogen) atoms. The average molecular weight is 452 g/mol. The molecule has 4 nitrogen and oxygen atoms in total. The highest BCUT2D eigenvalue weighted by atomic mass is 35.5. The van der Waals surface area contributed by atoms with Crippen molar-refractivity contribution in [2.45, 2.75) is 20.0 Å². The Kier molecular flexibility index (Phi) is 5.22. The summed E-state index contributed by atoms with van der Waals surface area (Å²) in [6.45, 7) is 3.59. The van der Waals surface area contributed by atoms with Crippen molar-refractivity contribution in [3.8, 4) is 11.5 Å². The summed E-state index contributed by atoms with van der Waals surface area (Å²) in [7, 11) is 0. The van der Waals surface area contributed by atoms with Gasteiger partial charge in [-0.15, -0.1) is 0 Å². The van der Waals surface area contributed by atoms with Crippen molar-refractivity contribution in [2.75, 3.05) is 6.73 Å². The Hall–Kier alpha value is -2.79. The van der Waals surface area contributed by atoms with Gasteiger partial charge < -0.3 is 9.47 Å². The predicted octanol–water partition coefficient (Wildman–Crippen LogP) is 6.27. The van der Waals surface area contributed by atoms with Gasteiger partial charge in [0.25, 0.3) is 0 Å². The summed E-state index contributed by atoms with van der Waals surface area (Å²) < 4.78 is 12.1.